The Morgan fingerprint density at radius 3 is 2.38 bits per heavy atom. The van der Waals surface area contributed by atoms with E-state index in [0.29, 0.717) is 10.5 Å². The van der Waals surface area contributed by atoms with Gasteiger partial charge >= 0.3 is 5.97 Å². The summed E-state index contributed by atoms with van der Waals surface area (Å²) in [7, 11) is -3.53. The van der Waals surface area contributed by atoms with Gasteiger partial charge in [0.15, 0.2) is 9.84 Å². The number of aryl methyl sites for hydroxylation is 1. The maximum absolute atomic E-state index is 11.9. The number of carboxylic acids is 1. The van der Waals surface area contributed by atoms with Gasteiger partial charge in [0.05, 0.1) is 10.5 Å². The third-order valence-electron chi connectivity index (χ3n) is 2.80. The summed E-state index contributed by atoms with van der Waals surface area (Å²) in [4.78, 5) is 16.4. The first-order chi connectivity index (χ1) is 9.79. The molecule has 1 aromatic carbocycles. The molecule has 0 spiro atoms. The number of rotatable bonds is 4. The second kappa shape index (κ2) is 5.87. The molecule has 2 aromatic rings. The normalized spacial score (nSPS) is 11.3. The zero-order valence-corrected chi connectivity index (χ0v) is 13.0. The van der Waals surface area contributed by atoms with E-state index in [4.69, 9.17) is 5.11 Å². The van der Waals surface area contributed by atoms with Crippen LogP contribution in [0.1, 0.15) is 15.9 Å². The van der Waals surface area contributed by atoms with Crippen LogP contribution in [0.4, 0.5) is 0 Å². The standard InChI is InChI=1S/C14H13NO4S2/c1-9-7-12(20-10-3-5-15-6-4-10)13(21(2,18)19)8-11(9)14(16)17/h3-8H,1-2H3,(H,16,17). The summed E-state index contributed by atoms with van der Waals surface area (Å²) in [6.07, 6.45) is 4.29. The number of carboxylic acid groups (broad SMARTS) is 1. The molecule has 0 aliphatic rings. The highest BCUT2D eigenvalue weighted by Gasteiger charge is 2.19. The fourth-order valence-electron chi connectivity index (χ4n) is 1.79. The van der Waals surface area contributed by atoms with Crippen LogP contribution in [0.2, 0.25) is 0 Å². The van der Waals surface area contributed by atoms with Gasteiger partial charge in [-0.05, 0) is 36.8 Å². The summed E-state index contributed by atoms with van der Waals surface area (Å²) in [5.41, 5.74) is 0.515. The molecule has 0 saturated carbocycles. The van der Waals surface area contributed by atoms with Crippen LogP contribution >= 0.6 is 11.8 Å². The van der Waals surface area contributed by atoms with Gasteiger partial charge in [0.25, 0.3) is 0 Å². The van der Waals surface area contributed by atoms with E-state index in [0.717, 1.165) is 11.2 Å². The van der Waals surface area contributed by atoms with E-state index in [1.807, 2.05) is 0 Å². The zero-order valence-electron chi connectivity index (χ0n) is 11.4. The van der Waals surface area contributed by atoms with E-state index in [1.165, 1.54) is 17.8 Å². The number of hydrogen-bond acceptors (Lipinski definition) is 5. The summed E-state index contributed by atoms with van der Waals surface area (Å²) in [5.74, 6) is -1.14. The summed E-state index contributed by atoms with van der Waals surface area (Å²) in [5, 5.41) is 9.13. The lowest BCUT2D eigenvalue weighted by molar-refractivity contribution is 0.0695. The molecule has 2 rings (SSSR count). The van der Waals surface area contributed by atoms with E-state index in [2.05, 4.69) is 4.98 Å². The topological polar surface area (TPSA) is 84.3 Å². The minimum atomic E-state index is -3.53. The number of carbonyl (C=O) groups is 1. The zero-order chi connectivity index (χ0) is 15.6. The van der Waals surface area contributed by atoms with Crippen molar-refractivity contribution in [1.82, 2.24) is 4.98 Å². The molecule has 0 amide bonds. The molecule has 0 aliphatic carbocycles. The number of sulfone groups is 1. The smallest absolute Gasteiger partial charge is 0.335 e. The molecule has 21 heavy (non-hydrogen) atoms. The van der Waals surface area contributed by atoms with Gasteiger partial charge in [-0.25, -0.2) is 13.2 Å². The molecule has 1 heterocycles. The van der Waals surface area contributed by atoms with Gasteiger partial charge in [0.2, 0.25) is 0 Å². The number of hydrogen-bond donors (Lipinski definition) is 1. The SMILES string of the molecule is Cc1cc(Sc2ccncc2)c(S(C)(=O)=O)cc1C(=O)O. The predicted octanol–water partition coefficient (Wildman–Crippen LogP) is 2.64. The molecule has 7 heteroatoms. The first-order valence-corrected chi connectivity index (χ1v) is 8.65. The Morgan fingerprint density at radius 1 is 1.24 bits per heavy atom. The van der Waals surface area contributed by atoms with Crippen LogP contribution in [0, 0.1) is 6.92 Å². The molecule has 0 unspecified atom stereocenters. The van der Waals surface area contributed by atoms with Crippen LogP contribution in [0.25, 0.3) is 0 Å². The third-order valence-corrected chi connectivity index (χ3v) is 5.13. The van der Waals surface area contributed by atoms with E-state index >= 15 is 0 Å². The van der Waals surface area contributed by atoms with E-state index < -0.39 is 15.8 Å². The average Bonchev–Trinajstić information content (AvgIpc) is 2.38. The second-order valence-corrected chi connectivity index (χ2v) is 7.58. The van der Waals surface area contributed by atoms with Crippen molar-refractivity contribution in [2.24, 2.45) is 0 Å². The first-order valence-electron chi connectivity index (χ1n) is 5.95. The van der Waals surface area contributed by atoms with Gasteiger partial charge in [-0.1, -0.05) is 11.8 Å². The highest BCUT2D eigenvalue weighted by atomic mass is 32.2. The van der Waals surface area contributed by atoms with E-state index in [9.17, 15) is 13.2 Å². The van der Waals surface area contributed by atoms with Crippen molar-refractivity contribution in [3.05, 3.63) is 47.8 Å². The van der Waals surface area contributed by atoms with Gasteiger partial charge in [-0.3, -0.25) is 4.98 Å². The van der Waals surface area contributed by atoms with Gasteiger partial charge < -0.3 is 5.11 Å². The van der Waals surface area contributed by atoms with Crippen LogP contribution in [0.15, 0.2) is 51.3 Å². The molecule has 5 nitrogen and oxygen atoms in total. The lowest BCUT2D eigenvalue weighted by Gasteiger charge is -2.11. The summed E-state index contributed by atoms with van der Waals surface area (Å²) >= 11 is 1.26. The molecule has 1 N–H and O–H groups in total. The molecule has 0 bridgehead atoms. The monoisotopic (exact) mass is 323 g/mol. The molecule has 0 aliphatic heterocycles. The van der Waals surface area contributed by atoms with Gasteiger partial charge in [-0.2, -0.15) is 0 Å². The predicted molar refractivity (Wildman–Crippen MR) is 79.6 cm³/mol. The molecule has 0 fully saturated rings. The number of aromatic carboxylic acids is 1. The van der Waals surface area contributed by atoms with Gasteiger partial charge in [-0.15, -0.1) is 0 Å². The Morgan fingerprint density at radius 2 is 1.86 bits per heavy atom. The Balaban J connectivity index is 2.59. The van der Waals surface area contributed by atoms with Crippen molar-refractivity contribution in [2.75, 3.05) is 6.26 Å². The van der Waals surface area contributed by atoms with Crippen LogP contribution in [0.5, 0.6) is 0 Å². The van der Waals surface area contributed by atoms with Crippen molar-refractivity contribution in [2.45, 2.75) is 21.6 Å². The van der Waals surface area contributed by atoms with Gasteiger partial charge in [0.1, 0.15) is 0 Å². The Hall–Kier alpha value is -1.86. The Bertz CT molecular complexity index is 786. The molecule has 0 saturated heterocycles. The molecule has 0 atom stereocenters. The van der Waals surface area contributed by atoms with E-state index in [-0.39, 0.29) is 10.5 Å². The van der Waals surface area contributed by atoms with Crippen molar-refractivity contribution in [3.63, 3.8) is 0 Å². The van der Waals surface area contributed by atoms with E-state index in [1.54, 1.807) is 37.5 Å². The van der Waals surface area contributed by atoms with Crippen molar-refractivity contribution < 1.29 is 18.3 Å². The first kappa shape index (κ1) is 15.5. The minimum Gasteiger partial charge on any atom is -0.478 e. The average molecular weight is 323 g/mol. The van der Waals surface area contributed by atoms with Crippen LogP contribution in [-0.2, 0) is 9.84 Å². The highest BCUT2D eigenvalue weighted by Crippen LogP contribution is 2.34. The van der Waals surface area contributed by atoms with Crippen LogP contribution in [0.3, 0.4) is 0 Å². The second-order valence-electron chi connectivity index (χ2n) is 4.48. The number of pyridine rings is 1. The van der Waals surface area contributed by atoms with Crippen molar-refractivity contribution in [1.29, 1.82) is 0 Å². The quantitative estimate of drug-likeness (QED) is 0.931. The molecule has 110 valence electrons. The van der Waals surface area contributed by atoms with Gasteiger partial charge in [0, 0.05) is 28.4 Å². The lowest BCUT2D eigenvalue weighted by Crippen LogP contribution is -2.06. The highest BCUT2D eigenvalue weighted by molar-refractivity contribution is 8.00. The summed E-state index contributed by atoms with van der Waals surface area (Å²) in [6, 6.07) is 6.33. The van der Waals surface area contributed by atoms with Crippen LogP contribution in [-0.4, -0.2) is 30.7 Å². The minimum absolute atomic E-state index is 0.00509. The van der Waals surface area contributed by atoms with Crippen molar-refractivity contribution >= 4 is 27.6 Å². The molecular weight excluding hydrogens is 310 g/mol. The Labute approximate surface area is 127 Å². The Kier molecular flexibility index (Phi) is 4.34. The molecule has 0 radical (unpaired) electrons. The van der Waals surface area contributed by atoms with Crippen LogP contribution < -0.4 is 0 Å². The summed E-state index contributed by atoms with van der Waals surface area (Å²) in [6.45, 7) is 1.64. The third kappa shape index (κ3) is 3.62. The molecular formula is C14H13NO4S2. The molecule has 1 aromatic heterocycles. The number of aromatic nitrogens is 1. The largest absolute Gasteiger partial charge is 0.478 e. The number of nitrogens with zero attached hydrogens (tertiary/aromatic N) is 1. The number of benzene rings is 1. The fourth-order valence-corrected chi connectivity index (χ4v) is 4.04. The maximum atomic E-state index is 11.9. The van der Waals surface area contributed by atoms with Crippen molar-refractivity contribution in [3.8, 4) is 0 Å². The fraction of sp³-hybridized carbons (Fsp3) is 0.143. The lowest BCUT2D eigenvalue weighted by atomic mass is 10.1. The maximum Gasteiger partial charge on any atom is 0.335 e. The summed E-state index contributed by atoms with van der Waals surface area (Å²) < 4.78 is 23.8.